The van der Waals surface area contributed by atoms with E-state index in [1.807, 2.05) is 20.8 Å². The maximum atomic E-state index is 13.7. The number of nitrogens with zero attached hydrogens (tertiary/aromatic N) is 2. The highest BCUT2D eigenvalue weighted by Gasteiger charge is 2.36. The third-order valence-corrected chi connectivity index (χ3v) is 3.82. The summed E-state index contributed by atoms with van der Waals surface area (Å²) in [6, 6.07) is 3.55. The molecular formula is C15H22FN3O2. The summed E-state index contributed by atoms with van der Waals surface area (Å²) in [6.45, 7) is 9.40. The molecule has 0 radical (unpaired) electrons. The molecule has 1 saturated heterocycles. The zero-order valence-electron chi connectivity index (χ0n) is 12.7. The van der Waals surface area contributed by atoms with Gasteiger partial charge in [0.2, 0.25) is 0 Å². The number of benzene rings is 1. The molecule has 0 aromatic heterocycles. The number of hydrogen-bond donors (Lipinski definition) is 1. The minimum atomic E-state index is -0.431. The first-order chi connectivity index (χ1) is 9.80. The minimum Gasteiger partial charge on any atom is -0.314 e. The maximum absolute atomic E-state index is 13.7. The Labute approximate surface area is 124 Å². The first-order valence-corrected chi connectivity index (χ1v) is 7.19. The molecular weight excluding hydrogens is 273 g/mol. The van der Waals surface area contributed by atoms with Crippen molar-refractivity contribution in [3.05, 3.63) is 39.7 Å². The van der Waals surface area contributed by atoms with E-state index < -0.39 is 10.7 Å². The van der Waals surface area contributed by atoms with Crippen molar-refractivity contribution < 1.29 is 9.31 Å². The molecule has 0 spiro atoms. The van der Waals surface area contributed by atoms with Crippen LogP contribution in [0.4, 0.5) is 10.1 Å². The Balaban J connectivity index is 2.50. The van der Waals surface area contributed by atoms with E-state index >= 15 is 0 Å². The monoisotopic (exact) mass is 295 g/mol. The van der Waals surface area contributed by atoms with Gasteiger partial charge in [0.25, 0.3) is 5.69 Å². The average molecular weight is 295 g/mol. The summed E-state index contributed by atoms with van der Waals surface area (Å²) in [7, 11) is 0. The van der Waals surface area contributed by atoms with E-state index in [2.05, 4.69) is 10.2 Å². The molecule has 1 atom stereocenters. The van der Waals surface area contributed by atoms with Crippen LogP contribution in [0.3, 0.4) is 0 Å². The van der Waals surface area contributed by atoms with Gasteiger partial charge in [-0.1, -0.05) is 20.8 Å². The Hall–Kier alpha value is -1.53. The fourth-order valence-corrected chi connectivity index (χ4v) is 3.06. The molecule has 0 bridgehead atoms. The van der Waals surface area contributed by atoms with Crippen LogP contribution >= 0.6 is 0 Å². The zero-order chi connectivity index (χ0) is 15.6. The highest BCUT2D eigenvalue weighted by Crippen LogP contribution is 2.42. The summed E-state index contributed by atoms with van der Waals surface area (Å²) in [5.41, 5.74) is 0.236. The van der Waals surface area contributed by atoms with E-state index in [0.29, 0.717) is 5.56 Å². The van der Waals surface area contributed by atoms with E-state index in [1.165, 1.54) is 12.1 Å². The number of rotatable bonds is 3. The second-order valence-corrected chi connectivity index (χ2v) is 6.51. The molecule has 1 fully saturated rings. The molecule has 2 rings (SSSR count). The van der Waals surface area contributed by atoms with Crippen molar-refractivity contribution in [1.82, 2.24) is 10.2 Å². The molecule has 1 aliphatic rings. The normalized spacial score (nSPS) is 18.5. The molecule has 1 aromatic carbocycles. The van der Waals surface area contributed by atoms with Gasteiger partial charge in [0, 0.05) is 38.3 Å². The van der Waals surface area contributed by atoms with Crippen LogP contribution in [0.1, 0.15) is 32.4 Å². The van der Waals surface area contributed by atoms with Crippen molar-refractivity contribution in [1.29, 1.82) is 0 Å². The van der Waals surface area contributed by atoms with E-state index in [9.17, 15) is 14.5 Å². The molecule has 21 heavy (non-hydrogen) atoms. The van der Waals surface area contributed by atoms with E-state index in [-0.39, 0.29) is 17.1 Å². The van der Waals surface area contributed by atoms with Crippen molar-refractivity contribution in [2.75, 3.05) is 26.2 Å². The van der Waals surface area contributed by atoms with Gasteiger partial charge in [-0.25, -0.2) is 4.39 Å². The van der Waals surface area contributed by atoms with E-state index in [0.717, 1.165) is 32.2 Å². The van der Waals surface area contributed by atoms with Gasteiger partial charge >= 0.3 is 0 Å². The molecule has 1 heterocycles. The first-order valence-electron chi connectivity index (χ1n) is 7.19. The number of nitro groups is 1. The van der Waals surface area contributed by atoms with Gasteiger partial charge in [-0.3, -0.25) is 15.0 Å². The molecule has 1 aromatic rings. The van der Waals surface area contributed by atoms with E-state index in [4.69, 9.17) is 0 Å². The number of nitro benzene ring substituents is 1. The van der Waals surface area contributed by atoms with Gasteiger partial charge in [-0.2, -0.15) is 0 Å². The summed E-state index contributed by atoms with van der Waals surface area (Å²) >= 11 is 0. The quantitative estimate of drug-likeness (QED) is 0.688. The Morgan fingerprint density at radius 2 is 1.95 bits per heavy atom. The lowest BCUT2D eigenvalue weighted by Gasteiger charge is -2.42. The van der Waals surface area contributed by atoms with Crippen LogP contribution in [0.25, 0.3) is 0 Å². The maximum Gasteiger partial charge on any atom is 0.274 e. The molecule has 0 aliphatic carbocycles. The van der Waals surface area contributed by atoms with Crippen LogP contribution < -0.4 is 5.32 Å². The molecule has 0 amide bonds. The van der Waals surface area contributed by atoms with Crippen molar-refractivity contribution in [3.63, 3.8) is 0 Å². The summed E-state index contributed by atoms with van der Waals surface area (Å²) in [5, 5.41) is 14.6. The summed E-state index contributed by atoms with van der Waals surface area (Å²) in [6.07, 6.45) is 0. The average Bonchev–Trinajstić information content (AvgIpc) is 2.38. The lowest BCUT2D eigenvalue weighted by molar-refractivity contribution is -0.386. The molecule has 1 N–H and O–H groups in total. The highest BCUT2D eigenvalue weighted by atomic mass is 19.1. The topological polar surface area (TPSA) is 58.4 Å². The SMILES string of the molecule is CC(C)(C)[C@H](c1cc(F)ccc1[N+](=O)[O-])N1CCNCC1. The van der Waals surface area contributed by atoms with Gasteiger partial charge in [-0.05, 0) is 17.5 Å². The molecule has 0 unspecified atom stereocenters. The lowest BCUT2D eigenvalue weighted by Crippen LogP contribution is -2.48. The van der Waals surface area contributed by atoms with Crippen LogP contribution in [0, 0.1) is 21.3 Å². The summed E-state index contributed by atoms with van der Waals surface area (Å²) in [4.78, 5) is 13.1. The van der Waals surface area contributed by atoms with Crippen LogP contribution in [0.2, 0.25) is 0 Å². The molecule has 1 aliphatic heterocycles. The largest absolute Gasteiger partial charge is 0.314 e. The summed E-state index contributed by atoms with van der Waals surface area (Å²) < 4.78 is 13.7. The Morgan fingerprint density at radius 3 is 2.48 bits per heavy atom. The highest BCUT2D eigenvalue weighted by molar-refractivity contribution is 5.43. The van der Waals surface area contributed by atoms with Crippen molar-refractivity contribution in [2.45, 2.75) is 26.8 Å². The van der Waals surface area contributed by atoms with Crippen LogP contribution in [0.15, 0.2) is 18.2 Å². The van der Waals surface area contributed by atoms with Gasteiger partial charge in [0.1, 0.15) is 5.82 Å². The van der Waals surface area contributed by atoms with Gasteiger partial charge in [0.05, 0.1) is 10.5 Å². The minimum absolute atomic E-state index is 0.00476. The third-order valence-electron chi connectivity index (χ3n) is 3.82. The second kappa shape index (κ2) is 6.07. The van der Waals surface area contributed by atoms with Gasteiger partial charge in [-0.15, -0.1) is 0 Å². The lowest BCUT2D eigenvalue weighted by atomic mass is 9.80. The summed E-state index contributed by atoms with van der Waals surface area (Å²) in [5.74, 6) is -0.431. The zero-order valence-corrected chi connectivity index (χ0v) is 12.7. The van der Waals surface area contributed by atoms with Gasteiger partial charge in [0.15, 0.2) is 0 Å². The second-order valence-electron chi connectivity index (χ2n) is 6.51. The smallest absolute Gasteiger partial charge is 0.274 e. The van der Waals surface area contributed by atoms with Gasteiger partial charge < -0.3 is 5.32 Å². The van der Waals surface area contributed by atoms with Crippen LogP contribution in [-0.2, 0) is 0 Å². The Bertz CT molecular complexity index is 522. The van der Waals surface area contributed by atoms with Crippen molar-refractivity contribution >= 4 is 5.69 Å². The number of hydrogen-bond acceptors (Lipinski definition) is 4. The molecule has 0 saturated carbocycles. The molecule has 6 heteroatoms. The first kappa shape index (κ1) is 15.9. The van der Waals surface area contributed by atoms with Crippen molar-refractivity contribution in [2.24, 2.45) is 5.41 Å². The van der Waals surface area contributed by atoms with Crippen molar-refractivity contribution in [3.8, 4) is 0 Å². The van der Waals surface area contributed by atoms with Crippen LogP contribution in [0.5, 0.6) is 0 Å². The van der Waals surface area contributed by atoms with E-state index in [1.54, 1.807) is 0 Å². The fraction of sp³-hybridized carbons (Fsp3) is 0.600. The fourth-order valence-electron chi connectivity index (χ4n) is 3.06. The van der Waals surface area contributed by atoms with Crippen LogP contribution in [-0.4, -0.2) is 36.0 Å². The molecule has 5 nitrogen and oxygen atoms in total. The molecule has 116 valence electrons. The standard InChI is InChI=1S/C15H22FN3O2/c1-15(2,3)14(18-8-6-17-7-9-18)12-10-11(16)4-5-13(12)19(20)21/h4-5,10,14,17H,6-9H2,1-3H3/t14-/m0/s1. The number of piperazine rings is 1. The predicted molar refractivity (Wildman–Crippen MR) is 79.7 cm³/mol. The number of halogens is 1. The third kappa shape index (κ3) is 3.57. The Morgan fingerprint density at radius 1 is 1.33 bits per heavy atom. The number of nitrogens with one attached hydrogen (secondary N) is 1. The Kier molecular flexibility index (Phi) is 4.58. The predicted octanol–water partition coefficient (Wildman–Crippen LogP) is 2.73.